The second kappa shape index (κ2) is 12.8. The lowest BCUT2D eigenvalue weighted by molar-refractivity contribution is -0.147. The van der Waals surface area contributed by atoms with Gasteiger partial charge in [0.15, 0.2) is 0 Å². The molecule has 0 aliphatic carbocycles. The van der Waals surface area contributed by atoms with E-state index in [2.05, 4.69) is 33.9 Å². The number of phenols is 1. The summed E-state index contributed by atoms with van der Waals surface area (Å²) < 4.78 is 0. The second-order valence-corrected chi connectivity index (χ2v) is 8.19. The number of hydrogen-bond acceptors (Lipinski definition) is 8. The molecule has 0 spiro atoms. The number of amides is 3. The van der Waals surface area contributed by atoms with Gasteiger partial charge in [-0.15, -0.1) is 0 Å². The third kappa shape index (κ3) is 8.23. The van der Waals surface area contributed by atoms with Gasteiger partial charge in [0.1, 0.15) is 23.9 Å². The van der Waals surface area contributed by atoms with Crippen molar-refractivity contribution in [3.63, 3.8) is 0 Å². The zero-order valence-corrected chi connectivity index (χ0v) is 19.1. The molecule has 1 saturated heterocycles. The number of carbonyl (C=O) groups excluding carboxylic acids is 3. The normalized spacial score (nSPS) is 17.7. The summed E-state index contributed by atoms with van der Waals surface area (Å²) in [6.45, 7) is 0.686. The summed E-state index contributed by atoms with van der Waals surface area (Å²) in [5.41, 5.74) is 0.532. The molecule has 4 unspecified atom stereocenters. The Hall–Kier alpha value is -3.32. The topological polar surface area (TPSA) is 194 Å². The van der Waals surface area contributed by atoms with Crippen molar-refractivity contribution >= 4 is 42.3 Å². The van der Waals surface area contributed by atoms with E-state index in [4.69, 9.17) is 5.11 Å². The maximum absolute atomic E-state index is 12.9. The van der Waals surface area contributed by atoms with Crippen LogP contribution < -0.4 is 21.3 Å². The Bertz CT molecular complexity index is 905. The molecule has 1 aromatic rings. The highest BCUT2D eigenvalue weighted by Gasteiger charge is 2.31. The van der Waals surface area contributed by atoms with Crippen LogP contribution in [0.5, 0.6) is 5.75 Å². The molecular formula is C21H28N4O8S. The summed E-state index contributed by atoms with van der Waals surface area (Å²) in [5, 5.41) is 37.8. The highest BCUT2D eigenvalue weighted by atomic mass is 32.1. The van der Waals surface area contributed by atoms with Crippen LogP contribution in [0, 0.1) is 0 Å². The zero-order chi connectivity index (χ0) is 25.3. The quantitative estimate of drug-likeness (QED) is 0.161. The molecule has 7 N–H and O–H groups in total. The SMILES string of the molecule is O=C(O)CC(NC(=O)C(Cc1ccc(O)cc1)NC(=O)C(CS)NC(=O)C1CCCN1)C(=O)O. The maximum atomic E-state index is 12.9. The summed E-state index contributed by atoms with van der Waals surface area (Å²) in [6, 6.07) is 1.27. The van der Waals surface area contributed by atoms with E-state index in [1.54, 1.807) is 0 Å². The molecule has 13 heteroatoms. The molecule has 1 heterocycles. The van der Waals surface area contributed by atoms with Gasteiger partial charge in [-0.2, -0.15) is 12.6 Å². The number of aliphatic carboxylic acids is 2. The van der Waals surface area contributed by atoms with Crippen molar-refractivity contribution in [1.29, 1.82) is 0 Å². The predicted molar refractivity (Wildman–Crippen MR) is 122 cm³/mol. The van der Waals surface area contributed by atoms with Crippen LogP contribution in [-0.2, 0) is 30.4 Å². The van der Waals surface area contributed by atoms with E-state index in [1.807, 2.05) is 0 Å². The molecule has 1 aromatic carbocycles. The van der Waals surface area contributed by atoms with E-state index in [0.29, 0.717) is 18.5 Å². The average Bonchev–Trinajstić information content (AvgIpc) is 3.32. The molecule has 1 fully saturated rings. The number of phenolic OH excluding ortho intramolecular Hbond substituents is 1. The van der Waals surface area contributed by atoms with Gasteiger partial charge in [-0.25, -0.2) is 4.79 Å². The van der Waals surface area contributed by atoms with Gasteiger partial charge < -0.3 is 36.6 Å². The Morgan fingerprint density at radius 1 is 0.971 bits per heavy atom. The number of carbonyl (C=O) groups is 5. The van der Waals surface area contributed by atoms with E-state index in [-0.39, 0.29) is 23.8 Å². The van der Waals surface area contributed by atoms with Crippen LogP contribution in [0.1, 0.15) is 24.8 Å². The predicted octanol–water partition coefficient (Wildman–Crippen LogP) is -1.37. The fourth-order valence-corrected chi connectivity index (χ4v) is 3.63. The van der Waals surface area contributed by atoms with E-state index in [1.165, 1.54) is 24.3 Å². The van der Waals surface area contributed by atoms with Crippen molar-refractivity contribution in [3.05, 3.63) is 29.8 Å². The maximum Gasteiger partial charge on any atom is 0.326 e. The van der Waals surface area contributed by atoms with Crippen LogP contribution in [-0.4, -0.2) is 81.4 Å². The standard InChI is InChI=1S/C21H28N4O8S/c26-12-5-3-11(4-6-12)8-14(19(30)24-15(21(32)33)9-17(27)28)23-20(31)16(10-34)25-18(29)13-2-1-7-22-13/h3-6,13-16,22,26,34H,1-2,7-10H2,(H,23,31)(H,24,30)(H,25,29)(H,27,28)(H,32,33). The minimum Gasteiger partial charge on any atom is -0.508 e. The van der Waals surface area contributed by atoms with Crippen molar-refractivity contribution in [1.82, 2.24) is 21.3 Å². The van der Waals surface area contributed by atoms with Gasteiger partial charge in [0.2, 0.25) is 17.7 Å². The Balaban J connectivity index is 2.16. The molecule has 186 valence electrons. The number of rotatable bonds is 12. The summed E-state index contributed by atoms with van der Waals surface area (Å²) >= 11 is 4.11. The summed E-state index contributed by atoms with van der Waals surface area (Å²) in [5.74, 6) is -5.06. The van der Waals surface area contributed by atoms with Gasteiger partial charge in [0.25, 0.3) is 0 Å². The Morgan fingerprint density at radius 3 is 2.12 bits per heavy atom. The highest BCUT2D eigenvalue weighted by Crippen LogP contribution is 2.12. The van der Waals surface area contributed by atoms with Gasteiger partial charge in [0, 0.05) is 12.2 Å². The van der Waals surface area contributed by atoms with Crippen LogP contribution in [0.3, 0.4) is 0 Å². The minimum atomic E-state index is -1.71. The molecule has 2 rings (SSSR count). The number of hydrogen-bond donors (Lipinski definition) is 8. The Labute approximate surface area is 200 Å². The fourth-order valence-electron chi connectivity index (χ4n) is 3.37. The third-order valence-corrected chi connectivity index (χ3v) is 5.56. The first-order valence-electron chi connectivity index (χ1n) is 10.6. The van der Waals surface area contributed by atoms with Crippen LogP contribution in [0.4, 0.5) is 0 Å². The molecule has 12 nitrogen and oxygen atoms in total. The van der Waals surface area contributed by atoms with E-state index >= 15 is 0 Å². The van der Waals surface area contributed by atoms with Crippen LogP contribution in [0.2, 0.25) is 0 Å². The largest absolute Gasteiger partial charge is 0.508 e. The fraction of sp³-hybridized carbons (Fsp3) is 0.476. The summed E-state index contributed by atoms with van der Waals surface area (Å²) in [6.07, 6.45) is 0.504. The minimum absolute atomic E-state index is 0.0143. The smallest absolute Gasteiger partial charge is 0.326 e. The number of benzene rings is 1. The van der Waals surface area contributed by atoms with Crippen molar-refractivity contribution in [2.24, 2.45) is 0 Å². The first-order valence-corrected chi connectivity index (χ1v) is 11.2. The van der Waals surface area contributed by atoms with Gasteiger partial charge in [-0.05, 0) is 37.1 Å². The molecule has 0 bridgehead atoms. The Kier molecular flexibility index (Phi) is 10.1. The van der Waals surface area contributed by atoms with Crippen molar-refractivity contribution in [3.8, 4) is 5.75 Å². The number of thiol groups is 1. The molecule has 0 aromatic heterocycles. The van der Waals surface area contributed by atoms with E-state index in [0.717, 1.165) is 6.42 Å². The molecule has 1 aliphatic heterocycles. The molecule has 0 saturated carbocycles. The molecule has 34 heavy (non-hydrogen) atoms. The number of carboxylic acids is 2. The van der Waals surface area contributed by atoms with Gasteiger partial charge >= 0.3 is 11.9 Å². The summed E-state index contributed by atoms with van der Waals surface area (Å²) in [7, 11) is 0. The number of carboxylic acid groups (broad SMARTS) is 2. The molecule has 1 aliphatic rings. The first-order chi connectivity index (χ1) is 16.1. The molecular weight excluding hydrogens is 468 g/mol. The van der Waals surface area contributed by atoms with E-state index < -0.39 is 54.3 Å². The first kappa shape index (κ1) is 26.9. The lowest BCUT2D eigenvalue weighted by Crippen LogP contribution is -2.58. The van der Waals surface area contributed by atoms with Crippen LogP contribution in [0.15, 0.2) is 24.3 Å². The summed E-state index contributed by atoms with van der Waals surface area (Å²) in [4.78, 5) is 60.4. The second-order valence-electron chi connectivity index (χ2n) is 7.82. The Morgan fingerprint density at radius 2 is 1.59 bits per heavy atom. The lowest BCUT2D eigenvalue weighted by Gasteiger charge is -2.24. The van der Waals surface area contributed by atoms with Crippen molar-refractivity contribution in [2.75, 3.05) is 12.3 Å². The molecule has 0 radical (unpaired) electrons. The zero-order valence-electron chi connectivity index (χ0n) is 18.2. The van der Waals surface area contributed by atoms with Crippen molar-refractivity contribution < 1.29 is 39.3 Å². The van der Waals surface area contributed by atoms with Gasteiger partial charge in [0.05, 0.1) is 12.5 Å². The van der Waals surface area contributed by atoms with Gasteiger partial charge in [-0.3, -0.25) is 19.2 Å². The molecule has 4 atom stereocenters. The number of aromatic hydroxyl groups is 1. The number of nitrogens with one attached hydrogen (secondary N) is 4. The lowest BCUT2D eigenvalue weighted by atomic mass is 10.0. The van der Waals surface area contributed by atoms with Crippen LogP contribution >= 0.6 is 12.6 Å². The third-order valence-electron chi connectivity index (χ3n) is 5.19. The van der Waals surface area contributed by atoms with Crippen LogP contribution in [0.25, 0.3) is 0 Å². The average molecular weight is 497 g/mol. The van der Waals surface area contributed by atoms with E-state index in [9.17, 15) is 34.2 Å². The van der Waals surface area contributed by atoms with Crippen molar-refractivity contribution in [2.45, 2.75) is 49.9 Å². The monoisotopic (exact) mass is 496 g/mol. The molecule has 3 amide bonds. The van der Waals surface area contributed by atoms with Gasteiger partial charge in [-0.1, -0.05) is 12.1 Å². The highest BCUT2D eigenvalue weighted by molar-refractivity contribution is 7.80.